The highest BCUT2D eigenvalue weighted by Crippen LogP contribution is 2.37. The fourth-order valence-electron chi connectivity index (χ4n) is 4.38. The van der Waals surface area contributed by atoms with E-state index in [1.54, 1.807) is 13.0 Å². The Morgan fingerprint density at radius 2 is 1.97 bits per heavy atom. The Morgan fingerprint density at radius 1 is 1.19 bits per heavy atom. The zero-order valence-electron chi connectivity index (χ0n) is 19.6. The molecule has 192 valence electrons. The van der Waals surface area contributed by atoms with Crippen molar-refractivity contribution in [2.75, 3.05) is 13.7 Å². The van der Waals surface area contributed by atoms with Crippen molar-refractivity contribution in [3.8, 4) is 17.2 Å². The van der Waals surface area contributed by atoms with E-state index in [0.717, 1.165) is 12.5 Å². The number of amides is 1. The highest BCUT2D eigenvalue weighted by molar-refractivity contribution is 5.98. The molecule has 0 aliphatic heterocycles. The molecule has 2 aromatic heterocycles. The van der Waals surface area contributed by atoms with Crippen molar-refractivity contribution in [1.82, 2.24) is 15.3 Å². The Kier molecular flexibility index (Phi) is 7.16. The highest BCUT2D eigenvalue weighted by atomic mass is 19.4. The number of pyridine rings is 1. The summed E-state index contributed by atoms with van der Waals surface area (Å²) in [6.45, 7) is 1.81. The maximum absolute atomic E-state index is 13.2. The van der Waals surface area contributed by atoms with Crippen molar-refractivity contribution >= 4 is 22.8 Å². The van der Waals surface area contributed by atoms with Crippen LogP contribution in [0.5, 0.6) is 5.75 Å². The number of esters is 1. The number of ether oxygens (including phenoxy) is 2. The fraction of sp³-hybridized carbons (Fsp3) is 0.417. The number of aromatic nitrogens is 2. The summed E-state index contributed by atoms with van der Waals surface area (Å²) in [5.74, 6) is -1.17. The van der Waals surface area contributed by atoms with Gasteiger partial charge < -0.3 is 24.9 Å². The lowest BCUT2D eigenvalue weighted by atomic mass is 10.0. The number of hydrogen-bond acceptors (Lipinski definition) is 8. The Hall–Kier alpha value is -3.67. The Labute approximate surface area is 204 Å². The molecular formula is C24H25F3N4O5. The number of nitrogens with two attached hydrogens (primary N) is 1. The molecule has 2 heterocycles. The molecule has 1 saturated carbocycles. The van der Waals surface area contributed by atoms with E-state index < -0.39 is 29.7 Å². The number of carbonyl (C=O) groups is 2. The van der Waals surface area contributed by atoms with Crippen LogP contribution in [0, 0.1) is 5.92 Å². The molecule has 1 aromatic carbocycles. The van der Waals surface area contributed by atoms with E-state index in [1.807, 2.05) is 0 Å². The van der Waals surface area contributed by atoms with Gasteiger partial charge in [-0.15, -0.1) is 0 Å². The number of hydrogen-bond donors (Lipinski definition) is 2. The SMILES string of the molecule is CCOC(=O)[C@H]1CCC[C@H]1NC(=O)c1nc(-c2ccc(OC)c3nc(C(F)(F)F)ccc23)oc1CN. The molecule has 0 bridgehead atoms. The third-order valence-corrected chi connectivity index (χ3v) is 6.08. The molecular weight excluding hydrogens is 481 g/mol. The third kappa shape index (κ3) is 4.85. The van der Waals surface area contributed by atoms with E-state index in [4.69, 9.17) is 19.6 Å². The summed E-state index contributed by atoms with van der Waals surface area (Å²) < 4.78 is 55.7. The van der Waals surface area contributed by atoms with Gasteiger partial charge in [-0.05, 0) is 44.0 Å². The van der Waals surface area contributed by atoms with Crippen LogP contribution in [0.15, 0.2) is 28.7 Å². The van der Waals surface area contributed by atoms with Gasteiger partial charge in [-0.2, -0.15) is 13.2 Å². The monoisotopic (exact) mass is 506 g/mol. The molecule has 9 nitrogen and oxygen atoms in total. The first kappa shape index (κ1) is 25.4. The van der Waals surface area contributed by atoms with E-state index in [-0.39, 0.29) is 53.1 Å². The largest absolute Gasteiger partial charge is 0.494 e. The van der Waals surface area contributed by atoms with Gasteiger partial charge in [-0.1, -0.05) is 6.42 Å². The summed E-state index contributed by atoms with van der Waals surface area (Å²) in [5.41, 5.74) is 4.92. The van der Waals surface area contributed by atoms with Gasteiger partial charge in [0.2, 0.25) is 5.89 Å². The number of nitrogens with zero attached hydrogens (tertiary/aromatic N) is 2. The van der Waals surface area contributed by atoms with Crippen molar-refractivity contribution in [1.29, 1.82) is 0 Å². The first-order valence-corrected chi connectivity index (χ1v) is 11.4. The lowest BCUT2D eigenvalue weighted by Crippen LogP contribution is -2.41. The zero-order valence-corrected chi connectivity index (χ0v) is 19.6. The second-order valence-corrected chi connectivity index (χ2v) is 8.27. The van der Waals surface area contributed by atoms with Crippen molar-refractivity contribution in [2.45, 2.75) is 44.9 Å². The topological polar surface area (TPSA) is 130 Å². The van der Waals surface area contributed by atoms with Crippen LogP contribution >= 0.6 is 0 Å². The maximum Gasteiger partial charge on any atom is 0.433 e. The summed E-state index contributed by atoms with van der Waals surface area (Å²) in [4.78, 5) is 33.3. The van der Waals surface area contributed by atoms with Crippen molar-refractivity contribution in [2.24, 2.45) is 11.7 Å². The third-order valence-electron chi connectivity index (χ3n) is 6.08. The number of benzene rings is 1. The highest BCUT2D eigenvalue weighted by Gasteiger charge is 2.36. The van der Waals surface area contributed by atoms with Gasteiger partial charge in [0.1, 0.15) is 17.0 Å². The van der Waals surface area contributed by atoms with Gasteiger partial charge in [0.05, 0.1) is 26.2 Å². The molecule has 1 fully saturated rings. The van der Waals surface area contributed by atoms with Crippen LogP contribution < -0.4 is 15.8 Å². The van der Waals surface area contributed by atoms with Gasteiger partial charge in [0.15, 0.2) is 11.5 Å². The summed E-state index contributed by atoms with van der Waals surface area (Å²) in [7, 11) is 1.32. The first-order chi connectivity index (χ1) is 17.2. The van der Waals surface area contributed by atoms with Gasteiger partial charge in [0, 0.05) is 17.0 Å². The first-order valence-electron chi connectivity index (χ1n) is 11.4. The molecule has 1 aliphatic carbocycles. The van der Waals surface area contributed by atoms with Gasteiger partial charge in [-0.25, -0.2) is 9.97 Å². The van der Waals surface area contributed by atoms with Crippen LogP contribution in [0.3, 0.4) is 0 Å². The number of halogens is 3. The van der Waals surface area contributed by atoms with Crippen molar-refractivity contribution in [3.05, 3.63) is 41.4 Å². The van der Waals surface area contributed by atoms with Gasteiger partial charge in [0.25, 0.3) is 5.91 Å². The summed E-state index contributed by atoms with van der Waals surface area (Å²) >= 11 is 0. The van der Waals surface area contributed by atoms with E-state index in [1.165, 1.54) is 19.2 Å². The average Bonchev–Trinajstić information content (AvgIpc) is 3.49. The lowest BCUT2D eigenvalue weighted by Gasteiger charge is -2.19. The second-order valence-electron chi connectivity index (χ2n) is 8.27. The summed E-state index contributed by atoms with van der Waals surface area (Å²) in [5, 5.41) is 3.12. The number of oxazole rings is 1. The minimum absolute atomic E-state index is 0.0109. The molecule has 2 atom stereocenters. The van der Waals surface area contributed by atoms with E-state index in [0.29, 0.717) is 18.4 Å². The summed E-state index contributed by atoms with van der Waals surface area (Å²) in [6, 6.07) is 4.67. The Morgan fingerprint density at radius 3 is 2.64 bits per heavy atom. The van der Waals surface area contributed by atoms with Crippen LogP contribution in [-0.4, -0.2) is 41.6 Å². The van der Waals surface area contributed by atoms with E-state index in [9.17, 15) is 22.8 Å². The second kappa shape index (κ2) is 10.1. The molecule has 0 radical (unpaired) electrons. The number of methoxy groups -OCH3 is 1. The lowest BCUT2D eigenvalue weighted by molar-refractivity contribution is -0.148. The smallest absolute Gasteiger partial charge is 0.433 e. The quantitative estimate of drug-likeness (QED) is 0.463. The van der Waals surface area contributed by atoms with Crippen LogP contribution in [0.25, 0.3) is 22.4 Å². The molecule has 3 aromatic rings. The van der Waals surface area contributed by atoms with Crippen LogP contribution in [0.1, 0.15) is 48.1 Å². The van der Waals surface area contributed by atoms with Crippen LogP contribution in [0.2, 0.25) is 0 Å². The van der Waals surface area contributed by atoms with Crippen LogP contribution in [-0.2, 0) is 22.3 Å². The average molecular weight is 506 g/mol. The number of carbonyl (C=O) groups excluding carboxylic acids is 2. The number of nitrogens with one attached hydrogen (secondary N) is 1. The zero-order chi connectivity index (χ0) is 26.0. The normalized spacial score (nSPS) is 17.8. The van der Waals surface area contributed by atoms with Gasteiger partial charge in [-0.3, -0.25) is 9.59 Å². The predicted molar refractivity (Wildman–Crippen MR) is 122 cm³/mol. The molecule has 1 amide bonds. The minimum atomic E-state index is -4.64. The maximum atomic E-state index is 13.2. The molecule has 3 N–H and O–H groups in total. The number of rotatable bonds is 7. The molecule has 1 aliphatic rings. The van der Waals surface area contributed by atoms with E-state index in [2.05, 4.69) is 15.3 Å². The fourth-order valence-corrected chi connectivity index (χ4v) is 4.38. The Balaban J connectivity index is 1.69. The van der Waals surface area contributed by atoms with E-state index >= 15 is 0 Å². The molecule has 0 unspecified atom stereocenters. The number of alkyl halides is 3. The van der Waals surface area contributed by atoms with Crippen molar-refractivity contribution in [3.63, 3.8) is 0 Å². The standard InChI is InChI=1S/C24H25F3N4O5/c1-3-35-23(33)14-5-4-6-15(14)29-21(32)20-17(11-28)36-22(31-20)13-7-9-16(34-2)19-12(13)8-10-18(30-19)24(25,26)27/h7-10,14-15H,3-6,11,28H2,1-2H3,(H,29,32)/t14-,15+/m0/s1. The van der Waals surface area contributed by atoms with Gasteiger partial charge >= 0.3 is 12.1 Å². The minimum Gasteiger partial charge on any atom is -0.494 e. The molecule has 0 spiro atoms. The summed E-state index contributed by atoms with van der Waals surface area (Å²) in [6.07, 6.45) is -2.68. The van der Waals surface area contributed by atoms with Crippen molar-refractivity contribution < 1.29 is 36.7 Å². The molecule has 4 rings (SSSR count). The Bertz CT molecular complexity index is 1290. The molecule has 12 heteroatoms. The molecule has 36 heavy (non-hydrogen) atoms. The predicted octanol–water partition coefficient (Wildman–Crippen LogP) is 3.84. The van der Waals surface area contributed by atoms with Crippen LogP contribution in [0.4, 0.5) is 13.2 Å². The number of fused-ring (bicyclic) bond motifs is 1. The molecule has 0 saturated heterocycles.